The van der Waals surface area contributed by atoms with Crippen LogP contribution in [0.25, 0.3) is 0 Å². The summed E-state index contributed by atoms with van der Waals surface area (Å²) in [7, 11) is 0. The van der Waals surface area contributed by atoms with Gasteiger partial charge in [-0.25, -0.2) is 0 Å². The Balaban J connectivity index is 2.12. The molecule has 0 aromatic carbocycles. The number of nitrogens with zero attached hydrogens (tertiary/aromatic N) is 4. The summed E-state index contributed by atoms with van der Waals surface area (Å²) in [5.41, 5.74) is 5.58. The molecule has 8 heteroatoms. The second kappa shape index (κ2) is 5.60. The van der Waals surface area contributed by atoms with Gasteiger partial charge in [-0.3, -0.25) is 0 Å². The molecule has 17 heavy (non-hydrogen) atoms. The van der Waals surface area contributed by atoms with Crippen LogP contribution in [0.2, 0.25) is 0 Å². The number of anilines is 2. The van der Waals surface area contributed by atoms with Gasteiger partial charge in [-0.1, -0.05) is 0 Å². The summed E-state index contributed by atoms with van der Waals surface area (Å²) in [5, 5.41) is 8.66. The van der Waals surface area contributed by atoms with E-state index in [1.54, 1.807) is 0 Å². The molecule has 0 unspecified atom stereocenters. The molecule has 3 N–H and O–H groups in total. The van der Waals surface area contributed by atoms with E-state index in [4.69, 9.17) is 20.3 Å². The van der Waals surface area contributed by atoms with Gasteiger partial charge in [-0.2, -0.15) is 15.0 Å². The smallest absolute Gasteiger partial charge is 0.323 e. The van der Waals surface area contributed by atoms with Crippen LogP contribution in [0.1, 0.15) is 0 Å². The molecule has 1 aromatic heterocycles. The zero-order chi connectivity index (χ0) is 12.1. The fourth-order valence-electron chi connectivity index (χ4n) is 1.47. The van der Waals surface area contributed by atoms with Crippen molar-refractivity contribution in [3.05, 3.63) is 0 Å². The maximum atomic E-state index is 8.66. The highest BCUT2D eigenvalue weighted by Crippen LogP contribution is 2.14. The quantitative estimate of drug-likeness (QED) is 0.667. The van der Waals surface area contributed by atoms with Crippen LogP contribution in [-0.2, 0) is 4.74 Å². The molecular formula is C9H15N5O3. The second-order valence-corrected chi connectivity index (χ2v) is 3.45. The number of nitrogens with two attached hydrogens (primary N) is 1. The molecule has 94 valence electrons. The van der Waals surface area contributed by atoms with Gasteiger partial charge in [-0.15, -0.1) is 0 Å². The van der Waals surface area contributed by atoms with E-state index >= 15 is 0 Å². The number of ether oxygens (including phenoxy) is 2. The minimum Gasteiger partial charge on any atom is -0.461 e. The Morgan fingerprint density at radius 1 is 1.29 bits per heavy atom. The molecule has 1 aromatic rings. The third-order valence-electron chi connectivity index (χ3n) is 2.24. The highest BCUT2D eigenvalue weighted by molar-refractivity contribution is 5.36. The van der Waals surface area contributed by atoms with Gasteiger partial charge >= 0.3 is 6.01 Å². The Kier molecular flexibility index (Phi) is 3.89. The first-order chi connectivity index (χ1) is 8.29. The van der Waals surface area contributed by atoms with Crippen LogP contribution >= 0.6 is 0 Å². The minimum atomic E-state index is -0.0987. The van der Waals surface area contributed by atoms with E-state index in [0.717, 1.165) is 0 Å². The van der Waals surface area contributed by atoms with Crippen LogP contribution in [-0.4, -0.2) is 59.6 Å². The van der Waals surface area contributed by atoms with Gasteiger partial charge in [0, 0.05) is 13.1 Å². The maximum absolute atomic E-state index is 8.66. The summed E-state index contributed by atoms with van der Waals surface area (Å²) >= 11 is 0. The molecule has 1 aliphatic heterocycles. The standard InChI is InChI=1S/C9H15N5O3/c10-7-11-8(14-1-4-16-5-2-14)13-9(12-7)17-6-3-15/h15H,1-6H2,(H2,10,11,12,13). The summed E-state index contributed by atoms with van der Waals surface area (Å²) in [6.07, 6.45) is 0. The van der Waals surface area contributed by atoms with Crippen LogP contribution in [0, 0.1) is 0 Å². The second-order valence-electron chi connectivity index (χ2n) is 3.45. The Bertz CT molecular complexity index is 370. The molecule has 0 aliphatic carbocycles. The monoisotopic (exact) mass is 241 g/mol. The van der Waals surface area contributed by atoms with Gasteiger partial charge in [0.15, 0.2) is 0 Å². The van der Waals surface area contributed by atoms with E-state index in [2.05, 4.69) is 15.0 Å². The molecule has 1 saturated heterocycles. The molecule has 0 spiro atoms. The molecule has 1 aliphatic rings. The fourth-order valence-corrected chi connectivity index (χ4v) is 1.47. The highest BCUT2D eigenvalue weighted by atomic mass is 16.5. The predicted molar refractivity (Wildman–Crippen MR) is 59.9 cm³/mol. The third kappa shape index (κ3) is 3.14. The summed E-state index contributed by atoms with van der Waals surface area (Å²) in [4.78, 5) is 14.0. The zero-order valence-electron chi connectivity index (χ0n) is 9.37. The van der Waals surface area contributed by atoms with Gasteiger partial charge in [0.25, 0.3) is 0 Å². The summed E-state index contributed by atoms with van der Waals surface area (Å²) in [6, 6.07) is 0.132. The van der Waals surface area contributed by atoms with Crippen molar-refractivity contribution < 1.29 is 14.6 Å². The van der Waals surface area contributed by atoms with Gasteiger partial charge in [0.05, 0.1) is 19.8 Å². The molecule has 0 amide bonds. The third-order valence-corrected chi connectivity index (χ3v) is 2.24. The van der Waals surface area contributed by atoms with E-state index in [0.29, 0.717) is 32.3 Å². The number of morpholine rings is 1. The molecule has 2 heterocycles. The first kappa shape index (κ1) is 11.8. The Morgan fingerprint density at radius 2 is 2.06 bits per heavy atom. The first-order valence-corrected chi connectivity index (χ1v) is 5.37. The van der Waals surface area contributed by atoms with Gasteiger partial charge in [0.1, 0.15) is 6.61 Å². The fraction of sp³-hybridized carbons (Fsp3) is 0.667. The normalized spacial score (nSPS) is 15.9. The lowest BCUT2D eigenvalue weighted by Crippen LogP contribution is -2.37. The maximum Gasteiger partial charge on any atom is 0.323 e. The van der Waals surface area contributed by atoms with Crippen molar-refractivity contribution in [3.8, 4) is 6.01 Å². The van der Waals surface area contributed by atoms with Crippen LogP contribution < -0.4 is 15.4 Å². The van der Waals surface area contributed by atoms with Crippen molar-refractivity contribution >= 4 is 11.9 Å². The Hall–Kier alpha value is -1.67. The summed E-state index contributed by atoms with van der Waals surface area (Å²) in [6.45, 7) is 2.73. The topological polar surface area (TPSA) is 107 Å². The first-order valence-electron chi connectivity index (χ1n) is 5.37. The zero-order valence-corrected chi connectivity index (χ0v) is 9.37. The van der Waals surface area contributed by atoms with Crippen molar-refractivity contribution in [1.82, 2.24) is 15.0 Å². The molecule has 0 atom stereocenters. The number of hydrogen-bond donors (Lipinski definition) is 2. The number of aliphatic hydroxyl groups is 1. The number of aliphatic hydroxyl groups excluding tert-OH is 1. The summed E-state index contributed by atoms with van der Waals surface area (Å²) < 4.78 is 10.4. The number of rotatable bonds is 4. The molecule has 0 bridgehead atoms. The molecule has 1 fully saturated rings. The van der Waals surface area contributed by atoms with Crippen molar-refractivity contribution in [1.29, 1.82) is 0 Å². The van der Waals surface area contributed by atoms with Gasteiger partial charge in [-0.05, 0) is 0 Å². The van der Waals surface area contributed by atoms with E-state index in [1.165, 1.54) is 0 Å². The van der Waals surface area contributed by atoms with Crippen molar-refractivity contribution in [2.45, 2.75) is 0 Å². The van der Waals surface area contributed by atoms with Crippen molar-refractivity contribution in [2.75, 3.05) is 50.2 Å². The molecule has 2 rings (SSSR count). The van der Waals surface area contributed by atoms with Crippen LogP contribution in [0.15, 0.2) is 0 Å². The van der Waals surface area contributed by atoms with E-state index in [-0.39, 0.29) is 25.2 Å². The van der Waals surface area contributed by atoms with E-state index in [9.17, 15) is 0 Å². The lowest BCUT2D eigenvalue weighted by Gasteiger charge is -2.26. The number of aromatic nitrogens is 3. The van der Waals surface area contributed by atoms with Crippen LogP contribution in [0.5, 0.6) is 6.01 Å². The van der Waals surface area contributed by atoms with E-state index < -0.39 is 0 Å². The minimum absolute atomic E-state index is 0.0987. The van der Waals surface area contributed by atoms with Crippen LogP contribution in [0.4, 0.5) is 11.9 Å². The number of nitrogen functional groups attached to an aromatic ring is 1. The average molecular weight is 241 g/mol. The van der Waals surface area contributed by atoms with Crippen molar-refractivity contribution in [3.63, 3.8) is 0 Å². The average Bonchev–Trinajstić information content (AvgIpc) is 2.37. The summed E-state index contributed by atoms with van der Waals surface area (Å²) in [5.74, 6) is 0.586. The largest absolute Gasteiger partial charge is 0.461 e. The lowest BCUT2D eigenvalue weighted by molar-refractivity contribution is 0.122. The van der Waals surface area contributed by atoms with Gasteiger partial charge in [0.2, 0.25) is 11.9 Å². The van der Waals surface area contributed by atoms with E-state index in [1.807, 2.05) is 4.90 Å². The molecule has 8 nitrogen and oxygen atoms in total. The van der Waals surface area contributed by atoms with Crippen LogP contribution in [0.3, 0.4) is 0 Å². The predicted octanol–water partition coefficient (Wildman–Crippen LogP) is -1.34. The number of hydrogen-bond acceptors (Lipinski definition) is 8. The van der Waals surface area contributed by atoms with Gasteiger partial charge < -0.3 is 25.2 Å². The van der Waals surface area contributed by atoms with Crippen molar-refractivity contribution in [2.24, 2.45) is 0 Å². The highest BCUT2D eigenvalue weighted by Gasteiger charge is 2.16. The molecule has 0 radical (unpaired) electrons. The molecular weight excluding hydrogens is 226 g/mol. The Morgan fingerprint density at radius 3 is 2.76 bits per heavy atom. The molecule has 0 saturated carbocycles. The Labute approximate surface area is 98.4 Å². The lowest BCUT2D eigenvalue weighted by atomic mass is 10.4. The SMILES string of the molecule is Nc1nc(OCCO)nc(N2CCOCC2)n1.